The minimum absolute atomic E-state index is 0.0733. The Labute approximate surface area is 631 Å². The van der Waals surface area contributed by atoms with E-state index in [-0.39, 0.29) is 25.7 Å². The number of allylic oxidation sites excluding steroid dienone is 22. The average molecular weight is 1500 g/mol. The van der Waals surface area contributed by atoms with Crippen LogP contribution in [0.5, 0.6) is 0 Å². The molecule has 0 heterocycles. The van der Waals surface area contributed by atoms with E-state index < -0.39 is 97.5 Å². The molecule has 0 aromatic rings. The first kappa shape index (κ1) is 99.2. The van der Waals surface area contributed by atoms with Crippen LogP contribution in [0.15, 0.2) is 134 Å². The Balaban J connectivity index is 5.37. The number of esters is 4. The summed E-state index contributed by atoms with van der Waals surface area (Å²) >= 11 is 0. The number of rotatable bonds is 75. The summed E-state index contributed by atoms with van der Waals surface area (Å²) in [6.45, 7) is 4.50. The molecule has 104 heavy (non-hydrogen) atoms. The molecule has 17 nitrogen and oxygen atoms in total. The summed E-state index contributed by atoms with van der Waals surface area (Å²) in [4.78, 5) is 73.0. The van der Waals surface area contributed by atoms with Crippen LogP contribution in [0, 0.1) is 0 Å². The van der Waals surface area contributed by atoms with E-state index in [1.807, 2.05) is 0 Å². The molecule has 0 radical (unpaired) electrons. The van der Waals surface area contributed by atoms with Crippen molar-refractivity contribution in [1.82, 2.24) is 0 Å². The maximum Gasteiger partial charge on any atom is 0.472 e. The van der Waals surface area contributed by atoms with Gasteiger partial charge in [-0.15, -0.1) is 0 Å². The lowest BCUT2D eigenvalue weighted by atomic mass is 10.1. The van der Waals surface area contributed by atoms with Crippen molar-refractivity contribution in [1.29, 1.82) is 0 Å². The van der Waals surface area contributed by atoms with Crippen LogP contribution in [-0.4, -0.2) is 96.7 Å². The molecule has 0 saturated carbocycles. The molecule has 0 aliphatic rings. The number of hydrogen-bond acceptors (Lipinski definition) is 15. The zero-order chi connectivity index (χ0) is 76.0. The molecule has 0 amide bonds. The highest BCUT2D eigenvalue weighted by Crippen LogP contribution is 2.45. The van der Waals surface area contributed by atoms with E-state index in [0.29, 0.717) is 25.7 Å². The zero-order valence-electron chi connectivity index (χ0n) is 65.2. The van der Waals surface area contributed by atoms with Crippen molar-refractivity contribution in [2.45, 2.75) is 341 Å². The van der Waals surface area contributed by atoms with Gasteiger partial charge in [0.05, 0.1) is 26.4 Å². The predicted octanol–water partition coefficient (Wildman–Crippen LogP) is 23.7. The van der Waals surface area contributed by atoms with Crippen molar-refractivity contribution >= 4 is 39.5 Å². The standard InChI is InChI=1S/C85H144O17P2/c1-5-9-13-17-21-25-29-32-35-38-39-42-44-47-51-54-58-62-66-70-83(88)96-76-81(102-85(90)72-68-64-60-56-52-48-45-41-37-34-31-27-23-19-15-11-7-3)78-100-104(93,94)98-74-79(86)73-97-103(91,92)99-77-80(101-84(89)71-67-63-59-55-49-28-24-20-16-12-8-4)75-95-82(87)69-65-61-57-53-50-46-43-40-36-33-30-26-22-18-14-10-6-2/h9-11,13-15,21-23,25-27,32-37,39,42,47,51,79-81,86H,5-8,12,16-20,24,28-31,38,40-41,43-46,48-50,52-78H2,1-4H3,(H,91,92)(H,93,94)/b13-9-,14-10-,15-11-,25-21-,26-22-,27-23-,35-32-,36-33-,37-34-,42-39-,51-47-. The van der Waals surface area contributed by atoms with Crippen LogP contribution >= 0.6 is 15.6 Å². The number of hydrogen-bond donors (Lipinski definition) is 3. The van der Waals surface area contributed by atoms with Gasteiger partial charge in [-0.3, -0.25) is 37.3 Å². The van der Waals surface area contributed by atoms with Gasteiger partial charge >= 0.3 is 39.5 Å². The molecule has 19 heteroatoms. The number of aliphatic hydroxyl groups excluding tert-OH is 1. The lowest BCUT2D eigenvalue weighted by Gasteiger charge is -2.21. The molecule has 3 N–H and O–H groups in total. The first-order chi connectivity index (χ1) is 50.7. The second kappa shape index (κ2) is 76.4. The maximum atomic E-state index is 13.1. The van der Waals surface area contributed by atoms with Crippen LogP contribution in [0.2, 0.25) is 0 Å². The topological polar surface area (TPSA) is 237 Å². The molecule has 596 valence electrons. The molecule has 0 fully saturated rings. The summed E-state index contributed by atoms with van der Waals surface area (Å²) in [5.74, 6) is -2.22. The number of ether oxygens (including phenoxy) is 4. The van der Waals surface area contributed by atoms with Gasteiger partial charge < -0.3 is 33.8 Å². The Morgan fingerprint density at radius 2 is 0.500 bits per heavy atom. The Morgan fingerprint density at radius 3 is 0.779 bits per heavy atom. The maximum absolute atomic E-state index is 13.1. The Hall–Kier alpha value is -4.80. The molecular formula is C85H144O17P2. The van der Waals surface area contributed by atoms with Crippen LogP contribution in [-0.2, 0) is 65.4 Å². The molecule has 0 bridgehead atoms. The molecule has 0 saturated heterocycles. The van der Waals surface area contributed by atoms with Crippen molar-refractivity contribution in [2.24, 2.45) is 0 Å². The van der Waals surface area contributed by atoms with Gasteiger partial charge in [-0.2, -0.15) is 0 Å². The number of carbonyl (C=O) groups is 4. The summed E-state index contributed by atoms with van der Waals surface area (Å²) in [6, 6.07) is 0. The highest BCUT2D eigenvalue weighted by atomic mass is 31.2. The lowest BCUT2D eigenvalue weighted by Crippen LogP contribution is -2.30. The molecule has 0 aromatic heterocycles. The van der Waals surface area contributed by atoms with Crippen LogP contribution in [0.25, 0.3) is 0 Å². The van der Waals surface area contributed by atoms with E-state index in [1.54, 1.807) is 0 Å². The van der Waals surface area contributed by atoms with Crippen LogP contribution in [0.4, 0.5) is 0 Å². The van der Waals surface area contributed by atoms with Crippen LogP contribution in [0.3, 0.4) is 0 Å². The molecule has 0 aliphatic carbocycles. The third-order valence-corrected chi connectivity index (χ3v) is 18.5. The van der Waals surface area contributed by atoms with Crippen LogP contribution in [0.1, 0.15) is 323 Å². The smallest absolute Gasteiger partial charge is 0.462 e. The van der Waals surface area contributed by atoms with Crippen molar-refractivity contribution in [2.75, 3.05) is 39.6 Å². The van der Waals surface area contributed by atoms with Crippen molar-refractivity contribution in [3.63, 3.8) is 0 Å². The Morgan fingerprint density at radius 1 is 0.279 bits per heavy atom. The van der Waals surface area contributed by atoms with Gasteiger partial charge in [0.15, 0.2) is 12.2 Å². The van der Waals surface area contributed by atoms with Crippen LogP contribution < -0.4 is 0 Å². The van der Waals surface area contributed by atoms with Crippen molar-refractivity contribution < 1.29 is 80.2 Å². The summed E-state index contributed by atoms with van der Waals surface area (Å²) in [6.07, 6.45) is 85.7. The highest BCUT2D eigenvalue weighted by molar-refractivity contribution is 7.47. The Kier molecular flexibility index (Phi) is 72.9. The second-order valence-electron chi connectivity index (χ2n) is 26.6. The van der Waals surface area contributed by atoms with Gasteiger partial charge in [-0.25, -0.2) is 9.13 Å². The first-order valence-electron chi connectivity index (χ1n) is 40.4. The summed E-state index contributed by atoms with van der Waals surface area (Å²) < 4.78 is 68.6. The van der Waals surface area contributed by atoms with E-state index in [1.165, 1.54) is 38.5 Å². The average Bonchev–Trinajstić information content (AvgIpc) is 0.931. The van der Waals surface area contributed by atoms with E-state index in [0.717, 1.165) is 205 Å². The highest BCUT2D eigenvalue weighted by Gasteiger charge is 2.30. The predicted molar refractivity (Wildman–Crippen MR) is 427 cm³/mol. The number of carbonyl (C=O) groups excluding carboxylic acids is 4. The first-order valence-corrected chi connectivity index (χ1v) is 43.4. The van der Waals surface area contributed by atoms with Crippen molar-refractivity contribution in [3.05, 3.63) is 134 Å². The molecule has 5 unspecified atom stereocenters. The largest absolute Gasteiger partial charge is 0.472 e. The normalized spacial score (nSPS) is 14.6. The Bertz CT molecular complexity index is 2490. The zero-order valence-corrected chi connectivity index (χ0v) is 66.9. The molecule has 0 aliphatic heterocycles. The number of aliphatic hydroxyl groups is 1. The van der Waals surface area contributed by atoms with Gasteiger partial charge in [-0.05, 0) is 135 Å². The van der Waals surface area contributed by atoms with Gasteiger partial charge in [0.2, 0.25) is 0 Å². The monoisotopic (exact) mass is 1500 g/mol. The fraction of sp³-hybridized carbons (Fsp3) is 0.694. The third-order valence-electron chi connectivity index (χ3n) is 16.6. The molecule has 0 aromatic carbocycles. The fourth-order valence-electron chi connectivity index (χ4n) is 10.6. The molecular weight excluding hydrogens is 1350 g/mol. The molecule has 0 rings (SSSR count). The summed E-state index contributed by atoms with van der Waals surface area (Å²) in [5.41, 5.74) is 0. The van der Waals surface area contributed by atoms with E-state index >= 15 is 0 Å². The number of phosphoric acid groups is 2. The number of unbranched alkanes of at least 4 members (excludes halogenated alkanes) is 27. The minimum Gasteiger partial charge on any atom is -0.462 e. The minimum atomic E-state index is -4.99. The van der Waals surface area contributed by atoms with E-state index in [9.17, 15) is 43.2 Å². The quantitative estimate of drug-likeness (QED) is 0.0169. The SMILES string of the molecule is CC/C=C\C/C=C\C/C=C\C/C=C\C/C=C\CCCCCC(=O)OCC(COP(=O)(O)OCC(O)COP(=O)(O)OCC(COC(=O)CCCCCCCCC/C=C\C/C=C\C/C=C\CC)OC(=O)CCCCCCCCCCCCC)OC(=O)CCCCCCCCC/C=C\C/C=C\C/C=C\CC. The lowest BCUT2D eigenvalue weighted by molar-refractivity contribution is -0.161. The van der Waals surface area contributed by atoms with Crippen molar-refractivity contribution in [3.8, 4) is 0 Å². The summed E-state index contributed by atoms with van der Waals surface area (Å²) in [7, 11) is -9.97. The molecule has 0 spiro atoms. The van der Waals surface area contributed by atoms with Gasteiger partial charge in [0.25, 0.3) is 0 Å². The van der Waals surface area contributed by atoms with Gasteiger partial charge in [-0.1, -0.05) is 296 Å². The fourth-order valence-corrected chi connectivity index (χ4v) is 12.1. The van der Waals surface area contributed by atoms with Gasteiger partial charge in [0, 0.05) is 25.7 Å². The third kappa shape index (κ3) is 75.4. The van der Waals surface area contributed by atoms with E-state index in [4.69, 9.17) is 37.0 Å². The second-order valence-corrected chi connectivity index (χ2v) is 29.5. The van der Waals surface area contributed by atoms with E-state index in [2.05, 4.69) is 161 Å². The summed E-state index contributed by atoms with van der Waals surface area (Å²) in [5, 5.41) is 10.6. The number of phosphoric ester groups is 2. The molecule has 5 atom stereocenters. The van der Waals surface area contributed by atoms with Gasteiger partial charge in [0.1, 0.15) is 19.3 Å².